The van der Waals surface area contributed by atoms with E-state index in [0.717, 1.165) is 5.56 Å². The lowest BCUT2D eigenvalue weighted by atomic mass is 10.1. The van der Waals surface area contributed by atoms with E-state index >= 15 is 0 Å². The lowest BCUT2D eigenvalue weighted by Gasteiger charge is -2.24. The van der Waals surface area contributed by atoms with Crippen LogP contribution in [0.5, 0.6) is 0 Å². The smallest absolute Gasteiger partial charge is 0.247 e. The fraction of sp³-hybridized carbons (Fsp3) is 0.412. The maximum atomic E-state index is 12.8. The van der Waals surface area contributed by atoms with Gasteiger partial charge in [-0.25, -0.2) is 4.39 Å². The van der Waals surface area contributed by atoms with Gasteiger partial charge in [0.2, 0.25) is 11.8 Å². The van der Waals surface area contributed by atoms with E-state index < -0.39 is 0 Å². The summed E-state index contributed by atoms with van der Waals surface area (Å²) in [5, 5.41) is 2.82. The normalized spacial score (nSPS) is 11.5. The summed E-state index contributed by atoms with van der Waals surface area (Å²) in [5.74, 6) is -0.772. The van der Waals surface area contributed by atoms with Crippen LogP contribution in [0.25, 0.3) is 6.08 Å². The Kier molecular flexibility index (Phi) is 6.28. The van der Waals surface area contributed by atoms with Crippen molar-refractivity contribution in [1.82, 2.24) is 10.2 Å². The molecule has 1 aromatic carbocycles. The molecule has 1 aromatic rings. The number of carbonyl (C=O) groups is 2. The van der Waals surface area contributed by atoms with Crippen molar-refractivity contribution in [1.29, 1.82) is 0 Å². The second-order valence-electron chi connectivity index (χ2n) is 6.04. The summed E-state index contributed by atoms with van der Waals surface area (Å²) in [6.07, 6.45) is 2.99. The number of hydrogen-bond acceptors (Lipinski definition) is 2. The number of likely N-dealkylation sites (N-methyl/N-ethyl adjacent to an activating group) is 1. The Morgan fingerprint density at radius 3 is 2.32 bits per heavy atom. The van der Waals surface area contributed by atoms with Crippen molar-refractivity contribution in [2.75, 3.05) is 13.1 Å². The molecule has 0 aliphatic rings. The monoisotopic (exact) mass is 306 g/mol. The predicted octanol–water partition coefficient (Wildman–Crippen LogP) is 2.60. The second kappa shape index (κ2) is 7.73. The van der Waals surface area contributed by atoms with Gasteiger partial charge in [-0.2, -0.15) is 0 Å². The Labute approximate surface area is 131 Å². The van der Waals surface area contributed by atoms with E-state index in [2.05, 4.69) is 5.32 Å². The van der Waals surface area contributed by atoms with E-state index in [1.165, 1.54) is 23.1 Å². The maximum Gasteiger partial charge on any atom is 0.247 e. The van der Waals surface area contributed by atoms with Crippen LogP contribution in [0.3, 0.4) is 0 Å². The minimum absolute atomic E-state index is 0.0142. The summed E-state index contributed by atoms with van der Waals surface area (Å²) >= 11 is 0. The number of nitrogens with zero attached hydrogens (tertiary/aromatic N) is 1. The molecule has 0 radical (unpaired) electrons. The molecule has 0 spiro atoms. The van der Waals surface area contributed by atoms with Gasteiger partial charge in [0.05, 0.1) is 6.54 Å². The molecule has 120 valence electrons. The van der Waals surface area contributed by atoms with Crippen LogP contribution in [0.15, 0.2) is 30.3 Å². The van der Waals surface area contributed by atoms with Crippen LogP contribution in [0.1, 0.15) is 33.3 Å². The molecule has 4 nitrogen and oxygen atoms in total. The molecule has 0 fully saturated rings. The van der Waals surface area contributed by atoms with Gasteiger partial charge in [0.25, 0.3) is 0 Å². The molecule has 0 heterocycles. The van der Waals surface area contributed by atoms with Crippen LogP contribution in [0.2, 0.25) is 0 Å². The molecule has 1 rings (SSSR count). The largest absolute Gasteiger partial charge is 0.350 e. The van der Waals surface area contributed by atoms with Gasteiger partial charge in [-0.3, -0.25) is 9.59 Å². The van der Waals surface area contributed by atoms with Crippen LogP contribution < -0.4 is 5.32 Å². The highest BCUT2D eigenvalue weighted by molar-refractivity contribution is 5.94. The molecule has 0 atom stereocenters. The number of benzene rings is 1. The standard InChI is InChI=1S/C17H23FN2O2/c1-5-20(12-15(21)19-17(2,3)4)16(22)11-8-13-6-9-14(18)10-7-13/h6-11H,5,12H2,1-4H3,(H,19,21)/b11-8+. The lowest BCUT2D eigenvalue weighted by molar-refractivity contribution is -0.132. The van der Waals surface area contributed by atoms with Gasteiger partial charge in [0.1, 0.15) is 5.82 Å². The topological polar surface area (TPSA) is 49.4 Å². The summed E-state index contributed by atoms with van der Waals surface area (Å²) < 4.78 is 12.8. The third-order valence-corrected chi connectivity index (χ3v) is 2.83. The summed E-state index contributed by atoms with van der Waals surface area (Å²) in [5.41, 5.74) is 0.397. The van der Waals surface area contributed by atoms with Crippen molar-refractivity contribution in [2.24, 2.45) is 0 Å². The quantitative estimate of drug-likeness (QED) is 0.850. The zero-order valence-corrected chi connectivity index (χ0v) is 13.5. The second-order valence-corrected chi connectivity index (χ2v) is 6.04. The van der Waals surface area contributed by atoms with Crippen molar-refractivity contribution >= 4 is 17.9 Å². The average molecular weight is 306 g/mol. The molecular weight excluding hydrogens is 283 g/mol. The van der Waals surface area contributed by atoms with Crippen molar-refractivity contribution in [2.45, 2.75) is 33.2 Å². The SMILES string of the molecule is CCN(CC(=O)NC(C)(C)C)C(=O)/C=C/c1ccc(F)cc1. The summed E-state index contributed by atoms with van der Waals surface area (Å²) in [6, 6.07) is 5.83. The van der Waals surface area contributed by atoms with Crippen LogP contribution in [-0.2, 0) is 9.59 Å². The van der Waals surface area contributed by atoms with Crippen LogP contribution >= 0.6 is 0 Å². The van der Waals surface area contributed by atoms with Gasteiger partial charge in [0, 0.05) is 18.2 Å². The maximum absolute atomic E-state index is 12.8. The van der Waals surface area contributed by atoms with E-state index in [9.17, 15) is 14.0 Å². The third kappa shape index (κ3) is 6.52. The zero-order chi connectivity index (χ0) is 16.8. The van der Waals surface area contributed by atoms with E-state index in [1.54, 1.807) is 18.2 Å². The molecule has 22 heavy (non-hydrogen) atoms. The first kappa shape index (κ1) is 17.9. The van der Waals surface area contributed by atoms with Crippen molar-refractivity contribution in [3.8, 4) is 0 Å². The molecule has 5 heteroatoms. The van der Waals surface area contributed by atoms with Crippen molar-refractivity contribution in [3.63, 3.8) is 0 Å². The molecule has 0 aliphatic heterocycles. The highest BCUT2D eigenvalue weighted by Gasteiger charge is 2.17. The zero-order valence-electron chi connectivity index (χ0n) is 13.5. The van der Waals surface area contributed by atoms with E-state index in [0.29, 0.717) is 6.54 Å². The highest BCUT2D eigenvalue weighted by atomic mass is 19.1. The predicted molar refractivity (Wildman–Crippen MR) is 85.6 cm³/mol. The number of nitrogens with one attached hydrogen (secondary N) is 1. The first-order chi connectivity index (χ1) is 10.2. The molecule has 0 unspecified atom stereocenters. The fourth-order valence-electron chi connectivity index (χ4n) is 1.82. The Bertz CT molecular complexity index is 545. The molecule has 0 bridgehead atoms. The third-order valence-electron chi connectivity index (χ3n) is 2.83. The molecule has 0 aliphatic carbocycles. The van der Waals surface area contributed by atoms with E-state index in [4.69, 9.17) is 0 Å². The highest BCUT2D eigenvalue weighted by Crippen LogP contribution is 2.05. The van der Waals surface area contributed by atoms with Crippen LogP contribution in [-0.4, -0.2) is 35.3 Å². The molecule has 1 N–H and O–H groups in total. The molecule has 0 saturated heterocycles. The first-order valence-corrected chi connectivity index (χ1v) is 7.25. The van der Waals surface area contributed by atoms with Gasteiger partial charge in [-0.15, -0.1) is 0 Å². The fourth-order valence-corrected chi connectivity index (χ4v) is 1.82. The minimum Gasteiger partial charge on any atom is -0.350 e. The summed E-state index contributed by atoms with van der Waals surface area (Å²) in [4.78, 5) is 25.4. The number of carbonyl (C=O) groups excluding carboxylic acids is 2. The molecule has 0 saturated carbocycles. The van der Waals surface area contributed by atoms with Gasteiger partial charge in [-0.05, 0) is 51.5 Å². The van der Waals surface area contributed by atoms with Crippen molar-refractivity contribution in [3.05, 3.63) is 41.7 Å². The van der Waals surface area contributed by atoms with Gasteiger partial charge in [-0.1, -0.05) is 12.1 Å². The van der Waals surface area contributed by atoms with Gasteiger partial charge >= 0.3 is 0 Å². The first-order valence-electron chi connectivity index (χ1n) is 7.25. The van der Waals surface area contributed by atoms with Crippen LogP contribution in [0.4, 0.5) is 4.39 Å². The van der Waals surface area contributed by atoms with Gasteiger partial charge in [0.15, 0.2) is 0 Å². The Morgan fingerprint density at radius 2 is 1.82 bits per heavy atom. The molecular formula is C17H23FN2O2. The Hall–Kier alpha value is -2.17. The molecule has 0 aromatic heterocycles. The van der Waals surface area contributed by atoms with Crippen molar-refractivity contribution < 1.29 is 14.0 Å². The number of hydrogen-bond donors (Lipinski definition) is 1. The summed E-state index contributed by atoms with van der Waals surface area (Å²) in [6.45, 7) is 7.92. The Morgan fingerprint density at radius 1 is 1.23 bits per heavy atom. The minimum atomic E-state index is -0.330. The van der Waals surface area contributed by atoms with E-state index in [1.807, 2.05) is 27.7 Å². The molecule has 2 amide bonds. The van der Waals surface area contributed by atoms with Gasteiger partial charge < -0.3 is 10.2 Å². The Balaban J connectivity index is 2.64. The van der Waals surface area contributed by atoms with E-state index in [-0.39, 0.29) is 29.7 Å². The number of halogens is 1. The van der Waals surface area contributed by atoms with Crippen LogP contribution in [0, 0.1) is 5.82 Å². The lowest BCUT2D eigenvalue weighted by Crippen LogP contribution is -2.47. The summed E-state index contributed by atoms with van der Waals surface area (Å²) in [7, 11) is 0. The average Bonchev–Trinajstić information content (AvgIpc) is 2.42. The number of amides is 2. The number of rotatable bonds is 5.